The standard InChI is InChI=1S/C27H37N3O3/c1-3-14-29-15-10-22(11-16-29)25-19-23(6-9-26(25)33-2)28-27(32)30-17-12-21(13-18-30)20-4-7-24(31)8-5-20/h4-9,19,21-22,31H,3,10-18H2,1-2H3,(H,28,32). The van der Waals surface area contributed by atoms with Gasteiger partial charge in [0.2, 0.25) is 0 Å². The van der Waals surface area contributed by atoms with Gasteiger partial charge in [0.1, 0.15) is 11.5 Å². The van der Waals surface area contributed by atoms with Crippen LogP contribution in [0, 0.1) is 0 Å². The van der Waals surface area contributed by atoms with Gasteiger partial charge in [-0.2, -0.15) is 0 Å². The molecule has 2 aromatic carbocycles. The first-order valence-electron chi connectivity index (χ1n) is 12.3. The number of methoxy groups -OCH3 is 1. The maximum Gasteiger partial charge on any atom is 0.321 e. The average molecular weight is 452 g/mol. The van der Waals surface area contributed by atoms with E-state index in [4.69, 9.17) is 4.74 Å². The zero-order valence-electron chi connectivity index (χ0n) is 19.9. The molecule has 33 heavy (non-hydrogen) atoms. The quantitative estimate of drug-likeness (QED) is 0.617. The van der Waals surface area contributed by atoms with Gasteiger partial charge >= 0.3 is 6.03 Å². The number of hydrogen-bond donors (Lipinski definition) is 2. The number of piperidine rings is 2. The molecular formula is C27H37N3O3. The van der Waals surface area contributed by atoms with Crippen LogP contribution in [-0.2, 0) is 0 Å². The van der Waals surface area contributed by atoms with Crippen molar-refractivity contribution >= 4 is 11.7 Å². The van der Waals surface area contributed by atoms with Gasteiger partial charge in [0.05, 0.1) is 7.11 Å². The third kappa shape index (κ3) is 5.80. The van der Waals surface area contributed by atoms with Crippen molar-refractivity contribution in [3.05, 3.63) is 53.6 Å². The highest BCUT2D eigenvalue weighted by molar-refractivity contribution is 5.89. The Morgan fingerprint density at radius 3 is 2.30 bits per heavy atom. The van der Waals surface area contributed by atoms with E-state index in [0.29, 0.717) is 17.6 Å². The van der Waals surface area contributed by atoms with E-state index in [2.05, 4.69) is 23.2 Å². The molecular weight excluding hydrogens is 414 g/mol. The van der Waals surface area contributed by atoms with Crippen molar-refractivity contribution in [2.24, 2.45) is 0 Å². The normalized spacial score (nSPS) is 18.3. The summed E-state index contributed by atoms with van der Waals surface area (Å²) in [5.41, 5.74) is 3.28. The van der Waals surface area contributed by atoms with Crippen molar-refractivity contribution in [1.82, 2.24) is 9.80 Å². The number of urea groups is 1. The molecule has 2 aliphatic rings. The fraction of sp³-hybridized carbons (Fsp3) is 0.519. The lowest BCUT2D eigenvalue weighted by molar-refractivity contribution is 0.194. The van der Waals surface area contributed by atoms with Crippen molar-refractivity contribution < 1.29 is 14.6 Å². The molecule has 6 nitrogen and oxygen atoms in total. The number of carbonyl (C=O) groups is 1. The monoisotopic (exact) mass is 451 g/mol. The molecule has 0 bridgehead atoms. The average Bonchev–Trinajstić information content (AvgIpc) is 2.85. The number of carbonyl (C=O) groups excluding carboxylic acids is 1. The molecule has 2 saturated heterocycles. The Labute approximate surface area is 197 Å². The second-order valence-electron chi connectivity index (χ2n) is 9.36. The van der Waals surface area contributed by atoms with Crippen LogP contribution >= 0.6 is 0 Å². The Morgan fingerprint density at radius 2 is 1.67 bits per heavy atom. The lowest BCUT2D eigenvalue weighted by atomic mass is 9.88. The highest BCUT2D eigenvalue weighted by Gasteiger charge is 2.26. The molecule has 0 spiro atoms. The van der Waals surface area contributed by atoms with E-state index in [0.717, 1.165) is 63.3 Å². The summed E-state index contributed by atoms with van der Waals surface area (Å²) in [4.78, 5) is 17.4. The summed E-state index contributed by atoms with van der Waals surface area (Å²) in [6.07, 6.45) is 5.31. The van der Waals surface area contributed by atoms with Gasteiger partial charge in [-0.3, -0.25) is 0 Å². The number of rotatable bonds is 6. The van der Waals surface area contributed by atoms with Crippen molar-refractivity contribution in [3.8, 4) is 11.5 Å². The topological polar surface area (TPSA) is 65.0 Å². The molecule has 2 amide bonds. The number of phenolic OH excluding ortho intramolecular Hbond substituents is 1. The number of nitrogens with zero attached hydrogens (tertiary/aromatic N) is 2. The van der Waals surface area contributed by atoms with Crippen LogP contribution in [0.5, 0.6) is 11.5 Å². The largest absolute Gasteiger partial charge is 0.508 e. The molecule has 0 saturated carbocycles. The number of likely N-dealkylation sites (tertiary alicyclic amines) is 2. The maximum atomic E-state index is 13.0. The lowest BCUT2D eigenvalue weighted by Crippen LogP contribution is -2.40. The van der Waals surface area contributed by atoms with Gasteiger partial charge < -0.3 is 25.0 Å². The van der Waals surface area contributed by atoms with Crippen molar-refractivity contribution in [1.29, 1.82) is 0 Å². The molecule has 178 valence electrons. The minimum absolute atomic E-state index is 0.0342. The fourth-order valence-electron chi connectivity index (χ4n) is 5.28. The molecule has 0 atom stereocenters. The zero-order chi connectivity index (χ0) is 23.2. The molecule has 4 rings (SSSR count). The molecule has 2 fully saturated rings. The van der Waals surface area contributed by atoms with Crippen LogP contribution in [0.3, 0.4) is 0 Å². The summed E-state index contributed by atoms with van der Waals surface area (Å²) in [6.45, 7) is 7.11. The molecule has 2 aliphatic heterocycles. The number of phenols is 1. The van der Waals surface area contributed by atoms with Crippen LogP contribution in [0.4, 0.5) is 10.5 Å². The van der Waals surface area contributed by atoms with Crippen LogP contribution in [-0.4, -0.2) is 60.8 Å². The van der Waals surface area contributed by atoms with Crippen LogP contribution < -0.4 is 10.1 Å². The molecule has 0 radical (unpaired) electrons. The molecule has 0 aromatic heterocycles. The van der Waals surface area contributed by atoms with Crippen LogP contribution in [0.25, 0.3) is 0 Å². The third-order valence-electron chi connectivity index (χ3n) is 7.19. The number of aromatic hydroxyl groups is 1. The second kappa shape index (κ2) is 10.9. The van der Waals surface area contributed by atoms with Gasteiger partial charge in [-0.15, -0.1) is 0 Å². The molecule has 2 N–H and O–H groups in total. The molecule has 6 heteroatoms. The molecule has 0 aliphatic carbocycles. The van der Waals surface area contributed by atoms with Gasteiger partial charge in [0.25, 0.3) is 0 Å². The van der Waals surface area contributed by atoms with Crippen molar-refractivity contribution in [2.75, 3.05) is 45.2 Å². The lowest BCUT2D eigenvalue weighted by Gasteiger charge is -2.33. The summed E-state index contributed by atoms with van der Waals surface area (Å²) < 4.78 is 5.66. The van der Waals surface area contributed by atoms with E-state index in [1.807, 2.05) is 29.2 Å². The number of benzene rings is 2. The highest BCUT2D eigenvalue weighted by Crippen LogP contribution is 2.36. The van der Waals surface area contributed by atoms with Crippen LogP contribution in [0.1, 0.15) is 62.0 Å². The Morgan fingerprint density at radius 1 is 1.00 bits per heavy atom. The Hall–Kier alpha value is -2.73. The van der Waals surface area contributed by atoms with Crippen molar-refractivity contribution in [3.63, 3.8) is 0 Å². The predicted octanol–water partition coefficient (Wildman–Crippen LogP) is 5.40. The summed E-state index contributed by atoms with van der Waals surface area (Å²) >= 11 is 0. The Kier molecular flexibility index (Phi) is 7.76. The molecule has 2 aromatic rings. The van der Waals surface area contributed by atoms with Gasteiger partial charge in [-0.05, 0) is 105 Å². The Bertz CT molecular complexity index is 915. The van der Waals surface area contributed by atoms with Crippen molar-refractivity contribution in [2.45, 2.75) is 50.9 Å². The van der Waals surface area contributed by atoms with Gasteiger partial charge in [-0.1, -0.05) is 19.1 Å². The summed E-state index contributed by atoms with van der Waals surface area (Å²) in [5.74, 6) is 2.10. The number of anilines is 1. The first-order valence-corrected chi connectivity index (χ1v) is 12.3. The maximum absolute atomic E-state index is 13.0. The summed E-state index contributed by atoms with van der Waals surface area (Å²) in [5, 5.41) is 12.6. The number of ether oxygens (including phenoxy) is 1. The summed E-state index contributed by atoms with van der Waals surface area (Å²) in [6, 6.07) is 13.5. The minimum atomic E-state index is -0.0342. The molecule has 0 unspecified atom stereocenters. The van der Waals surface area contributed by atoms with Gasteiger partial charge in [0, 0.05) is 18.8 Å². The highest BCUT2D eigenvalue weighted by atomic mass is 16.5. The SMILES string of the molecule is CCCN1CCC(c2cc(NC(=O)N3CCC(c4ccc(O)cc4)CC3)ccc2OC)CC1. The first-order chi connectivity index (χ1) is 16.1. The third-order valence-corrected chi connectivity index (χ3v) is 7.19. The van der Waals surface area contributed by atoms with E-state index in [1.165, 1.54) is 24.1 Å². The molecule has 2 heterocycles. The fourth-order valence-corrected chi connectivity index (χ4v) is 5.28. The van der Waals surface area contributed by atoms with E-state index >= 15 is 0 Å². The first kappa shape index (κ1) is 23.4. The summed E-state index contributed by atoms with van der Waals surface area (Å²) in [7, 11) is 1.72. The van der Waals surface area contributed by atoms with Crippen LogP contribution in [0.2, 0.25) is 0 Å². The van der Waals surface area contributed by atoms with E-state index < -0.39 is 0 Å². The van der Waals surface area contributed by atoms with Gasteiger partial charge in [-0.25, -0.2) is 4.79 Å². The number of nitrogens with one attached hydrogen (secondary N) is 1. The predicted molar refractivity (Wildman–Crippen MR) is 132 cm³/mol. The second-order valence-corrected chi connectivity index (χ2v) is 9.36. The minimum Gasteiger partial charge on any atom is -0.508 e. The van der Waals surface area contributed by atoms with E-state index in [1.54, 1.807) is 19.2 Å². The Balaban J connectivity index is 1.35. The number of hydrogen-bond acceptors (Lipinski definition) is 4. The van der Waals surface area contributed by atoms with E-state index in [9.17, 15) is 9.90 Å². The smallest absolute Gasteiger partial charge is 0.321 e. The van der Waals surface area contributed by atoms with Gasteiger partial charge in [0.15, 0.2) is 0 Å². The number of amides is 2. The van der Waals surface area contributed by atoms with E-state index in [-0.39, 0.29) is 6.03 Å². The van der Waals surface area contributed by atoms with Crippen LogP contribution in [0.15, 0.2) is 42.5 Å². The zero-order valence-corrected chi connectivity index (χ0v) is 19.9.